The monoisotopic (exact) mass is 246 g/mol. The van der Waals surface area contributed by atoms with Crippen LogP contribution in [0.1, 0.15) is 33.5 Å². The molecule has 0 atom stereocenters. The molecule has 1 amide bonds. The van der Waals surface area contributed by atoms with Crippen LogP contribution in [0.4, 0.5) is 0 Å². The fraction of sp³-hybridized carbons (Fsp3) is 0.533. The number of hydrogen-bond acceptors (Lipinski definition) is 2. The SMILES string of the molecule is Cc1cc(C)c(C(=O)N2CCCNCC2)c(C)c1. The van der Waals surface area contributed by atoms with Gasteiger partial charge in [0.1, 0.15) is 0 Å². The quantitative estimate of drug-likeness (QED) is 0.822. The van der Waals surface area contributed by atoms with Crippen LogP contribution < -0.4 is 5.32 Å². The molecule has 1 aromatic carbocycles. The number of benzene rings is 1. The van der Waals surface area contributed by atoms with E-state index in [1.807, 2.05) is 18.7 Å². The lowest BCUT2D eigenvalue weighted by atomic mass is 9.98. The molecule has 0 aromatic heterocycles. The van der Waals surface area contributed by atoms with E-state index >= 15 is 0 Å². The minimum absolute atomic E-state index is 0.189. The van der Waals surface area contributed by atoms with E-state index in [2.05, 4.69) is 24.4 Å². The Labute approximate surface area is 109 Å². The molecule has 0 saturated carbocycles. The maximum Gasteiger partial charge on any atom is 0.254 e. The van der Waals surface area contributed by atoms with Gasteiger partial charge in [-0.15, -0.1) is 0 Å². The summed E-state index contributed by atoms with van der Waals surface area (Å²) in [5.41, 5.74) is 4.30. The van der Waals surface area contributed by atoms with Crippen molar-refractivity contribution in [3.63, 3.8) is 0 Å². The molecule has 2 rings (SSSR count). The van der Waals surface area contributed by atoms with Crippen molar-refractivity contribution in [1.29, 1.82) is 0 Å². The van der Waals surface area contributed by atoms with Gasteiger partial charge in [0.05, 0.1) is 0 Å². The number of rotatable bonds is 1. The molecule has 3 heteroatoms. The van der Waals surface area contributed by atoms with Crippen molar-refractivity contribution in [2.75, 3.05) is 26.2 Å². The van der Waals surface area contributed by atoms with E-state index in [1.165, 1.54) is 5.56 Å². The fourth-order valence-corrected chi connectivity index (χ4v) is 2.72. The van der Waals surface area contributed by atoms with Crippen molar-refractivity contribution < 1.29 is 4.79 Å². The largest absolute Gasteiger partial charge is 0.337 e. The van der Waals surface area contributed by atoms with E-state index in [1.54, 1.807) is 0 Å². The van der Waals surface area contributed by atoms with Crippen molar-refractivity contribution in [1.82, 2.24) is 10.2 Å². The van der Waals surface area contributed by atoms with E-state index in [0.717, 1.165) is 49.3 Å². The van der Waals surface area contributed by atoms with E-state index in [-0.39, 0.29) is 5.91 Å². The molecule has 0 aliphatic carbocycles. The summed E-state index contributed by atoms with van der Waals surface area (Å²) in [6.45, 7) is 9.71. The van der Waals surface area contributed by atoms with Crippen molar-refractivity contribution in [3.05, 3.63) is 34.4 Å². The number of carbonyl (C=O) groups excluding carboxylic acids is 1. The summed E-state index contributed by atoms with van der Waals surface area (Å²) in [5, 5.41) is 3.33. The highest BCUT2D eigenvalue weighted by molar-refractivity contribution is 5.97. The number of carbonyl (C=O) groups is 1. The van der Waals surface area contributed by atoms with Crippen LogP contribution in [0, 0.1) is 20.8 Å². The predicted octanol–water partition coefficient (Wildman–Crippen LogP) is 2.05. The van der Waals surface area contributed by atoms with Crippen LogP contribution in [-0.4, -0.2) is 37.0 Å². The van der Waals surface area contributed by atoms with Gasteiger partial charge in [-0.25, -0.2) is 0 Å². The second-order valence-corrected chi connectivity index (χ2v) is 5.17. The zero-order valence-corrected chi connectivity index (χ0v) is 11.5. The molecule has 0 radical (unpaired) electrons. The second kappa shape index (κ2) is 5.53. The van der Waals surface area contributed by atoms with E-state index in [4.69, 9.17) is 0 Å². The van der Waals surface area contributed by atoms with Crippen LogP contribution in [0.5, 0.6) is 0 Å². The number of nitrogens with one attached hydrogen (secondary N) is 1. The lowest BCUT2D eigenvalue weighted by Crippen LogP contribution is -2.35. The van der Waals surface area contributed by atoms with Gasteiger partial charge in [0.25, 0.3) is 5.91 Å². The lowest BCUT2D eigenvalue weighted by Gasteiger charge is -2.22. The van der Waals surface area contributed by atoms with Crippen LogP contribution >= 0.6 is 0 Å². The zero-order chi connectivity index (χ0) is 13.1. The third kappa shape index (κ3) is 2.72. The van der Waals surface area contributed by atoms with Crippen LogP contribution in [0.2, 0.25) is 0 Å². The summed E-state index contributed by atoms with van der Waals surface area (Å²) in [6.07, 6.45) is 1.04. The first-order valence-electron chi connectivity index (χ1n) is 6.67. The Bertz CT molecular complexity index is 423. The Hall–Kier alpha value is -1.35. The van der Waals surface area contributed by atoms with Gasteiger partial charge >= 0.3 is 0 Å². The Morgan fingerprint density at radius 2 is 1.78 bits per heavy atom. The highest BCUT2D eigenvalue weighted by Crippen LogP contribution is 2.18. The summed E-state index contributed by atoms with van der Waals surface area (Å²) in [5.74, 6) is 0.189. The Morgan fingerprint density at radius 1 is 1.11 bits per heavy atom. The minimum atomic E-state index is 0.189. The molecule has 1 aliphatic heterocycles. The standard InChI is InChI=1S/C15H22N2O/c1-11-9-12(2)14(13(3)10-11)15(18)17-7-4-5-16-6-8-17/h9-10,16H,4-8H2,1-3H3. The fourth-order valence-electron chi connectivity index (χ4n) is 2.72. The van der Waals surface area contributed by atoms with Crippen LogP contribution in [0.25, 0.3) is 0 Å². The molecular formula is C15H22N2O. The Balaban J connectivity index is 2.27. The smallest absolute Gasteiger partial charge is 0.254 e. The Morgan fingerprint density at radius 3 is 2.44 bits per heavy atom. The summed E-state index contributed by atoms with van der Waals surface area (Å²) in [7, 11) is 0. The highest BCUT2D eigenvalue weighted by Gasteiger charge is 2.20. The van der Waals surface area contributed by atoms with Crippen molar-refractivity contribution in [2.24, 2.45) is 0 Å². The minimum Gasteiger partial charge on any atom is -0.337 e. The van der Waals surface area contributed by atoms with Gasteiger partial charge in [-0.2, -0.15) is 0 Å². The first-order chi connectivity index (χ1) is 8.59. The molecule has 0 bridgehead atoms. The van der Waals surface area contributed by atoms with Crippen LogP contribution in [0.15, 0.2) is 12.1 Å². The normalized spacial score (nSPS) is 16.5. The summed E-state index contributed by atoms with van der Waals surface area (Å²) < 4.78 is 0. The third-order valence-electron chi connectivity index (χ3n) is 3.52. The van der Waals surface area contributed by atoms with Crippen LogP contribution in [-0.2, 0) is 0 Å². The van der Waals surface area contributed by atoms with Gasteiger partial charge in [0.2, 0.25) is 0 Å². The summed E-state index contributed by atoms with van der Waals surface area (Å²) in [4.78, 5) is 14.6. The van der Waals surface area contributed by atoms with Crippen LogP contribution in [0.3, 0.4) is 0 Å². The zero-order valence-electron chi connectivity index (χ0n) is 11.5. The molecule has 18 heavy (non-hydrogen) atoms. The molecule has 0 spiro atoms. The molecule has 98 valence electrons. The summed E-state index contributed by atoms with van der Waals surface area (Å²) >= 11 is 0. The molecule has 1 aliphatic rings. The average molecular weight is 246 g/mol. The number of amides is 1. The highest BCUT2D eigenvalue weighted by atomic mass is 16.2. The molecule has 0 unspecified atom stereocenters. The first-order valence-corrected chi connectivity index (χ1v) is 6.67. The summed E-state index contributed by atoms with van der Waals surface area (Å²) in [6, 6.07) is 4.19. The van der Waals surface area contributed by atoms with Crippen molar-refractivity contribution >= 4 is 5.91 Å². The molecule has 1 saturated heterocycles. The van der Waals surface area contributed by atoms with E-state index < -0.39 is 0 Å². The molecule has 1 aromatic rings. The molecule has 1 fully saturated rings. The molecular weight excluding hydrogens is 224 g/mol. The van der Waals surface area contributed by atoms with E-state index in [9.17, 15) is 4.79 Å². The predicted molar refractivity (Wildman–Crippen MR) is 74.0 cm³/mol. The topological polar surface area (TPSA) is 32.3 Å². The van der Waals surface area contributed by atoms with Gasteiger partial charge in [-0.1, -0.05) is 17.7 Å². The second-order valence-electron chi connectivity index (χ2n) is 5.17. The maximum absolute atomic E-state index is 12.6. The average Bonchev–Trinajstić information content (AvgIpc) is 2.55. The van der Waals surface area contributed by atoms with Gasteiger partial charge in [0.15, 0.2) is 0 Å². The molecule has 1 N–H and O–H groups in total. The first kappa shape index (κ1) is 13.1. The van der Waals surface area contributed by atoms with Gasteiger partial charge in [0, 0.05) is 25.2 Å². The number of nitrogens with zero attached hydrogens (tertiary/aromatic N) is 1. The lowest BCUT2D eigenvalue weighted by molar-refractivity contribution is 0.0765. The van der Waals surface area contributed by atoms with Gasteiger partial charge in [-0.3, -0.25) is 4.79 Å². The van der Waals surface area contributed by atoms with Gasteiger partial charge < -0.3 is 10.2 Å². The van der Waals surface area contributed by atoms with Crippen molar-refractivity contribution in [3.8, 4) is 0 Å². The number of aryl methyl sites for hydroxylation is 3. The van der Waals surface area contributed by atoms with Gasteiger partial charge in [-0.05, 0) is 44.9 Å². The third-order valence-corrected chi connectivity index (χ3v) is 3.52. The Kier molecular flexibility index (Phi) is 4.02. The maximum atomic E-state index is 12.6. The van der Waals surface area contributed by atoms with E-state index in [0.29, 0.717) is 0 Å². The number of hydrogen-bond donors (Lipinski definition) is 1. The molecule has 3 nitrogen and oxygen atoms in total. The van der Waals surface area contributed by atoms with Crippen molar-refractivity contribution in [2.45, 2.75) is 27.2 Å². The molecule has 1 heterocycles.